The molecule has 0 aliphatic heterocycles. The fourth-order valence-corrected chi connectivity index (χ4v) is 1.89. The van der Waals surface area contributed by atoms with Gasteiger partial charge in [0.15, 0.2) is 0 Å². The number of nitrogens with zero attached hydrogens (tertiary/aromatic N) is 2. The van der Waals surface area contributed by atoms with Crippen molar-refractivity contribution in [1.29, 1.82) is 0 Å². The van der Waals surface area contributed by atoms with Crippen molar-refractivity contribution < 1.29 is 22.7 Å². The highest BCUT2D eigenvalue weighted by atomic mass is 19.4. The maximum Gasteiger partial charge on any atom is 0.573 e. The molecule has 2 aromatic rings. The van der Waals surface area contributed by atoms with Crippen molar-refractivity contribution in [3.8, 4) is 5.75 Å². The Labute approximate surface area is 124 Å². The number of carbonyl (C=O) groups is 1. The SMILES string of the molecule is Cn1cc(NC(=O)CCc2ccccc2OC(F)(F)F)cn1. The predicted octanol–water partition coefficient (Wildman–Crippen LogP) is 2.89. The minimum Gasteiger partial charge on any atom is -0.406 e. The van der Waals surface area contributed by atoms with Gasteiger partial charge in [-0.15, -0.1) is 13.2 Å². The summed E-state index contributed by atoms with van der Waals surface area (Å²) in [5.74, 6) is -0.598. The summed E-state index contributed by atoms with van der Waals surface area (Å²) in [6, 6.07) is 5.76. The Balaban J connectivity index is 1.95. The van der Waals surface area contributed by atoms with Crippen LogP contribution in [0.1, 0.15) is 12.0 Å². The van der Waals surface area contributed by atoms with Gasteiger partial charge in [-0.2, -0.15) is 5.10 Å². The summed E-state index contributed by atoms with van der Waals surface area (Å²) in [7, 11) is 1.71. The molecule has 0 saturated carbocycles. The number of carbonyl (C=O) groups excluding carboxylic acids is 1. The molecule has 0 saturated heterocycles. The van der Waals surface area contributed by atoms with Crippen molar-refractivity contribution in [3.63, 3.8) is 0 Å². The first-order chi connectivity index (χ1) is 10.3. The van der Waals surface area contributed by atoms with Crippen molar-refractivity contribution in [1.82, 2.24) is 9.78 Å². The number of rotatable bonds is 5. The molecule has 1 heterocycles. The van der Waals surface area contributed by atoms with Crippen LogP contribution in [0.4, 0.5) is 18.9 Å². The summed E-state index contributed by atoms with van der Waals surface area (Å²) < 4.78 is 42.4. The molecule has 1 amide bonds. The molecule has 8 heteroatoms. The van der Waals surface area contributed by atoms with Gasteiger partial charge in [0.1, 0.15) is 5.75 Å². The highest BCUT2D eigenvalue weighted by Crippen LogP contribution is 2.27. The van der Waals surface area contributed by atoms with Crippen molar-refractivity contribution in [2.24, 2.45) is 7.05 Å². The van der Waals surface area contributed by atoms with Gasteiger partial charge in [0, 0.05) is 19.7 Å². The van der Waals surface area contributed by atoms with Gasteiger partial charge in [-0.1, -0.05) is 18.2 Å². The van der Waals surface area contributed by atoms with Crippen LogP contribution in [-0.4, -0.2) is 22.1 Å². The number of hydrogen-bond donors (Lipinski definition) is 1. The molecule has 0 atom stereocenters. The monoisotopic (exact) mass is 313 g/mol. The summed E-state index contributed by atoms with van der Waals surface area (Å²) in [5, 5.41) is 6.51. The average molecular weight is 313 g/mol. The summed E-state index contributed by atoms with van der Waals surface area (Å²) in [5.41, 5.74) is 0.855. The van der Waals surface area contributed by atoms with E-state index in [1.165, 1.54) is 29.1 Å². The second-order valence-electron chi connectivity index (χ2n) is 4.61. The van der Waals surface area contributed by atoms with E-state index in [0.717, 1.165) is 0 Å². The average Bonchev–Trinajstić information content (AvgIpc) is 2.81. The fourth-order valence-electron chi connectivity index (χ4n) is 1.89. The first-order valence-electron chi connectivity index (χ1n) is 6.45. The number of anilines is 1. The van der Waals surface area contributed by atoms with Gasteiger partial charge in [0.25, 0.3) is 0 Å². The number of nitrogens with one attached hydrogen (secondary N) is 1. The zero-order chi connectivity index (χ0) is 16.2. The number of halogens is 3. The molecule has 22 heavy (non-hydrogen) atoms. The van der Waals surface area contributed by atoms with Crippen LogP contribution in [0.3, 0.4) is 0 Å². The van der Waals surface area contributed by atoms with Crippen molar-refractivity contribution >= 4 is 11.6 Å². The van der Waals surface area contributed by atoms with Crippen molar-refractivity contribution in [2.75, 3.05) is 5.32 Å². The Morgan fingerprint density at radius 3 is 2.73 bits per heavy atom. The Bertz CT molecular complexity index is 653. The Morgan fingerprint density at radius 1 is 1.36 bits per heavy atom. The Kier molecular flexibility index (Phi) is 4.69. The number of ether oxygens (including phenoxy) is 1. The third kappa shape index (κ3) is 4.80. The highest BCUT2D eigenvalue weighted by molar-refractivity contribution is 5.90. The van der Waals surface area contributed by atoms with Gasteiger partial charge in [0.2, 0.25) is 5.91 Å². The molecule has 0 spiro atoms. The smallest absolute Gasteiger partial charge is 0.406 e. The molecule has 1 aromatic carbocycles. The number of amides is 1. The van der Waals surface area contributed by atoms with Crippen LogP contribution in [0.15, 0.2) is 36.7 Å². The van der Waals surface area contributed by atoms with Gasteiger partial charge >= 0.3 is 6.36 Å². The molecular formula is C14H14F3N3O2. The number of benzene rings is 1. The molecule has 0 aliphatic carbocycles. The van der Waals surface area contributed by atoms with E-state index in [0.29, 0.717) is 11.3 Å². The van der Waals surface area contributed by atoms with Crippen LogP contribution in [0, 0.1) is 0 Å². The molecule has 0 unspecified atom stereocenters. The zero-order valence-corrected chi connectivity index (χ0v) is 11.7. The topological polar surface area (TPSA) is 56.2 Å². The summed E-state index contributed by atoms with van der Waals surface area (Å²) >= 11 is 0. The van der Waals surface area contributed by atoms with E-state index >= 15 is 0 Å². The number of aryl methyl sites for hydroxylation is 2. The molecule has 0 bridgehead atoms. The zero-order valence-electron chi connectivity index (χ0n) is 11.7. The summed E-state index contributed by atoms with van der Waals surface area (Å²) in [6.07, 6.45) is -1.48. The number of hydrogen-bond acceptors (Lipinski definition) is 3. The maximum absolute atomic E-state index is 12.3. The summed E-state index contributed by atoms with van der Waals surface area (Å²) in [6.45, 7) is 0. The van der Waals surface area contributed by atoms with Gasteiger partial charge in [-0.25, -0.2) is 0 Å². The standard InChI is InChI=1S/C14H14F3N3O2/c1-20-9-11(8-18-20)19-13(21)7-6-10-4-2-3-5-12(10)22-14(15,16)17/h2-5,8-9H,6-7H2,1H3,(H,19,21). The van der Waals surface area contributed by atoms with Crippen LogP contribution in [0.25, 0.3) is 0 Å². The van der Waals surface area contributed by atoms with Crippen molar-refractivity contribution in [3.05, 3.63) is 42.2 Å². The van der Waals surface area contributed by atoms with Gasteiger partial charge < -0.3 is 10.1 Å². The lowest BCUT2D eigenvalue weighted by atomic mass is 10.1. The lowest BCUT2D eigenvalue weighted by Gasteiger charge is -2.12. The Hall–Kier alpha value is -2.51. The second kappa shape index (κ2) is 6.50. The lowest BCUT2D eigenvalue weighted by Crippen LogP contribution is -2.18. The number of para-hydroxylation sites is 1. The largest absolute Gasteiger partial charge is 0.573 e. The fraction of sp³-hybridized carbons (Fsp3) is 0.286. The molecule has 5 nitrogen and oxygen atoms in total. The maximum atomic E-state index is 12.3. The van der Waals surface area contributed by atoms with Crippen molar-refractivity contribution in [2.45, 2.75) is 19.2 Å². The van der Waals surface area contributed by atoms with Crippen LogP contribution >= 0.6 is 0 Å². The van der Waals surface area contributed by atoms with Gasteiger partial charge in [0.05, 0.1) is 11.9 Å². The minimum atomic E-state index is -4.76. The molecule has 118 valence electrons. The molecule has 1 aromatic heterocycles. The summed E-state index contributed by atoms with van der Waals surface area (Å²) in [4.78, 5) is 11.8. The first kappa shape index (κ1) is 15.9. The minimum absolute atomic E-state index is 0.0348. The molecule has 0 aliphatic rings. The predicted molar refractivity (Wildman–Crippen MR) is 73.3 cm³/mol. The molecule has 1 N–H and O–H groups in total. The van der Waals surface area contributed by atoms with Crippen LogP contribution in [0.5, 0.6) is 5.75 Å². The van der Waals surface area contributed by atoms with E-state index in [1.807, 2.05) is 0 Å². The lowest BCUT2D eigenvalue weighted by molar-refractivity contribution is -0.274. The van der Waals surface area contributed by atoms with E-state index in [4.69, 9.17) is 0 Å². The highest BCUT2D eigenvalue weighted by Gasteiger charge is 2.31. The third-order valence-corrected chi connectivity index (χ3v) is 2.81. The number of alkyl halides is 3. The van der Waals surface area contributed by atoms with Crippen LogP contribution < -0.4 is 10.1 Å². The number of aromatic nitrogens is 2. The molecule has 2 rings (SSSR count). The Morgan fingerprint density at radius 2 is 2.09 bits per heavy atom. The van der Waals surface area contributed by atoms with E-state index in [1.54, 1.807) is 19.3 Å². The van der Waals surface area contributed by atoms with Gasteiger partial charge in [-0.3, -0.25) is 9.48 Å². The van der Waals surface area contributed by atoms with E-state index in [9.17, 15) is 18.0 Å². The molecule has 0 radical (unpaired) electrons. The first-order valence-corrected chi connectivity index (χ1v) is 6.45. The van der Waals surface area contributed by atoms with E-state index in [2.05, 4.69) is 15.2 Å². The van der Waals surface area contributed by atoms with Gasteiger partial charge in [-0.05, 0) is 18.1 Å². The van der Waals surface area contributed by atoms with E-state index < -0.39 is 6.36 Å². The molecule has 0 fully saturated rings. The van der Waals surface area contributed by atoms with Crippen LogP contribution in [0.2, 0.25) is 0 Å². The molecular weight excluding hydrogens is 299 g/mol. The normalized spacial score (nSPS) is 11.3. The van der Waals surface area contributed by atoms with Crippen LogP contribution in [-0.2, 0) is 18.3 Å². The second-order valence-corrected chi connectivity index (χ2v) is 4.61. The van der Waals surface area contributed by atoms with E-state index in [-0.39, 0.29) is 24.5 Å². The third-order valence-electron chi connectivity index (χ3n) is 2.81. The quantitative estimate of drug-likeness (QED) is 0.923.